The predicted molar refractivity (Wildman–Crippen MR) is 75.5 cm³/mol. The summed E-state index contributed by atoms with van der Waals surface area (Å²) in [6.07, 6.45) is 7.71. The molecule has 1 aromatic heterocycles. The SMILES string of the molecule is O=C(NC[C@@H]1CCC2(CCNCC2)O1)c1cccnc1. The Morgan fingerprint density at radius 1 is 1.45 bits per heavy atom. The second-order valence-corrected chi connectivity index (χ2v) is 5.66. The minimum atomic E-state index is -0.0760. The van der Waals surface area contributed by atoms with E-state index < -0.39 is 0 Å². The fraction of sp³-hybridized carbons (Fsp3) is 0.600. The van der Waals surface area contributed by atoms with Crippen LogP contribution in [0.3, 0.4) is 0 Å². The highest BCUT2D eigenvalue weighted by atomic mass is 16.5. The van der Waals surface area contributed by atoms with Crippen LogP contribution in [-0.4, -0.2) is 42.2 Å². The number of pyridine rings is 1. The first-order valence-corrected chi connectivity index (χ1v) is 7.34. The summed E-state index contributed by atoms with van der Waals surface area (Å²) in [5.74, 6) is -0.0760. The lowest BCUT2D eigenvalue weighted by Gasteiger charge is -2.33. The number of hydrogen-bond acceptors (Lipinski definition) is 4. The van der Waals surface area contributed by atoms with Gasteiger partial charge in [-0.1, -0.05) is 0 Å². The third kappa shape index (κ3) is 2.99. The molecule has 0 bridgehead atoms. The summed E-state index contributed by atoms with van der Waals surface area (Å²) in [7, 11) is 0. The highest BCUT2D eigenvalue weighted by Gasteiger charge is 2.40. The van der Waals surface area contributed by atoms with Crippen LogP contribution < -0.4 is 10.6 Å². The van der Waals surface area contributed by atoms with Crippen molar-refractivity contribution in [2.45, 2.75) is 37.4 Å². The molecule has 1 spiro atoms. The molecule has 0 saturated carbocycles. The molecule has 3 rings (SSSR count). The van der Waals surface area contributed by atoms with Crippen molar-refractivity contribution < 1.29 is 9.53 Å². The Bertz CT molecular complexity index is 457. The molecule has 2 saturated heterocycles. The van der Waals surface area contributed by atoms with E-state index in [1.165, 1.54) is 0 Å². The van der Waals surface area contributed by atoms with Gasteiger partial charge >= 0.3 is 0 Å². The van der Waals surface area contributed by atoms with Gasteiger partial charge < -0.3 is 15.4 Å². The first kappa shape index (κ1) is 13.5. The number of amides is 1. The number of ether oxygens (including phenoxy) is 1. The third-order valence-corrected chi connectivity index (χ3v) is 4.27. The molecule has 2 fully saturated rings. The summed E-state index contributed by atoms with van der Waals surface area (Å²) in [4.78, 5) is 15.9. The van der Waals surface area contributed by atoms with E-state index in [-0.39, 0.29) is 17.6 Å². The fourth-order valence-electron chi connectivity index (χ4n) is 3.10. The standard InChI is InChI=1S/C15H21N3O2/c19-14(12-2-1-7-17-10-12)18-11-13-3-4-15(20-13)5-8-16-9-6-15/h1-2,7,10,13,16H,3-6,8-9,11H2,(H,18,19)/t13-/m0/s1. The summed E-state index contributed by atoms with van der Waals surface area (Å²) in [6, 6.07) is 3.54. The Balaban J connectivity index is 1.49. The average Bonchev–Trinajstić information content (AvgIpc) is 2.89. The third-order valence-electron chi connectivity index (χ3n) is 4.27. The summed E-state index contributed by atoms with van der Waals surface area (Å²) >= 11 is 0. The first-order valence-electron chi connectivity index (χ1n) is 7.34. The lowest BCUT2D eigenvalue weighted by atomic mass is 9.89. The van der Waals surface area contributed by atoms with Gasteiger partial charge in [0.05, 0.1) is 17.3 Å². The van der Waals surface area contributed by atoms with Gasteiger partial charge in [0.15, 0.2) is 0 Å². The molecule has 108 valence electrons. The van der Waals surface area contributed by atoms with E-state index in [9.17, 15) is 4.79 Å². The van der Waals surface area contributed by atoms with Gasteiger partial charge in [-0.3, -0.25) is 9.78 Å². The molecular weight excluding hydrogens is 254 g/mol. The molecular formula is C15H21N3O2. The van der Waals surface area contributed by atoms with E-state index in [0.29, 0.717) is 12.1 Å². The Hall–Kier alpha value is -1.46. The van der Waals surface area contributed by atoms with Crippen molar-refractivity contribution in [1.29, 1.82) is 0 Å². The van der Waals surface area contributed by atoms with Crippen LogP contribution >= 0.6 is 0 Å². The van der Waals surface area contributed by atoms with Crippen LogP contribution in [0.2, 0.25) is 0 Å². The number of carbonyl (C=O) groups excluding carboxylic acids is 1. The zero-order chi connectivity index (χ0) is 13.8. The van der Waals surface area contributed by atoms with E-state index >= 15 is 0 Å². The fourth-order valence-corrected chi connectivity index (χ4v) is 3.10. The summed E-state index contributed by atoms with van der Waals surface area (Å²) < 4.78 is 6.21. The molecule has 5 heteroatoms. The average molecular weight is 275 g/mol. The van der Waals surface area contributed by atoms with E-state index in [2.05, 4.69) is 15.6 Å². The number of nitrogens with zero attached hydrogens (tertiary/aromatic N) is 1. The molecule has 20 heavy (non-hydrogen) atoms. The van der Waals surface area contributed by atoms with Crippen LogP contribution in [0.5, 0.6) is 0 Å². The Kier molecular flexibility index (Phi) is 3.98. The van der Waals surface area contributed by atoms with Gasteiger partial charge in [-0.25, -0.2) is 0 Å². The van der Waals surface area contributed by atoms with Crippen LogP contribution in [0.4, 0.5) is 0 Å². The lowest BCUT2D eigenvalue weighted by Crippen LogP contribution is -2.43. The van der Waals surface area contributed by atoms with Gasteiger partial charge in [-0.2, -0.15) is 0 Å². The maximum atomic E-state index is 12.0. The van der Waals surface area contributed by atoms with E-state index in [1.54, 1.807) is 24.5 Å². The van der Waals surface area contributed by atoms with Crippen molar-refractivity contribution in [3.05, 3.63) is 30.1 Å². The molecule has 3 heterocycles. The zero-order valence-corrected chi connectivity index (χ0v) is 11.6. The zero-order valence-electron chi connectivity index (χ0n) is 11.6. The Morgan fingerprint density at radius 2 is 2.30 bits per heavy atom. The van der Waals surface area contributed by atoms with E-state index in [1.807, 2.05) is 0 Å². The van der Waals surface area contributed by atoms with Gasteiger partial charge in [0, 0.05) is 18.9 Å². The topological polar surface area (TPSA) is 63.2 Å². The quantitative estimate of drug-likeness (QED) is 0.867. The Labute approximate surface area is 119 Å². The van der Waals surface area contributed by atoms with Crippen LogP contribution in [0.15, 0.2) is 24.5 Å². The number of carbonyl (C=O) groups is 1. The lowest BCUT2D eigenvalue weighted by molar-refractivity contribution is -0.0576. The number of nitrogens with one attached hydrogen (secondary N) is 2. The summed E-state index contributed by atoms with van der Waals surface area (Å²) in [6.45, 7) is 2.66. The maximum absolute atomic E-state index is 12.0. The monoisotopic (exact) mass is 275 g/mol. The highest BCUT2D eigenvalue weighted by molar-refractivity contribution is 5.93. The van der Waals surface area contributed by atoms with E-state index in [4.69, 9.17) is 4.74 Å². The second-order valence-electron chi connectivity index (χ2n) is 5.66. The predicted octanol–water partition coefficient (Wildman–Crippen LogP) is 1.11. The van der Waals surface area contributed by atoms with Gasteiger partial charge in [-0.15, -0.1) is 0 Å². The van der Waals surface area contributed by atoms with Gasteiger partial charge in [-0.05, 0) is 50.9 Å². The first-order chi connectivity index (χ1) is 9.77. The molecule has 1 amide bonds. The number of hydrogen-bond donors (Lipinski definition) is 2. The molecule has 0 radical (unpaired) electrons. The smallest absolute Gasteiger partial charge is 0.252 e. The van der Waals surface area contributed by atoms with Crippen molar-refractivity contribution >= 4 is 5.91 Å². The summed E-state index contributed by atoms with van der Waals surface area (Å²) in [5.41, 5.74) is 0.664. The molecule has 2 aliphatic rings. The second kappa shape index (κ2) is 5.89. The molecule has 5 nitrogen and oxygen atoms in total. The summed E-state index contributed by atoms with van der Waals surface area (Å²) in [5, 5.41) is 6.31. The normalized spacial score (nSPS) is 24.7. The minimum absolute atomic E-state index is 0.0644. The molecule has 1 aromatic rings. The van der Waals surface area contributed by atoms with E-state index in [0.717, 1.165) is 38.8 Å². The van der Waals surface area contributed by atoms with Crippen LogP contribution in [-0.2, 0) is 4.74 Å². The molecule has 1 atom stereocenters. The maximum Gasteiger partial charge on any atom is 0.252 e. The van der Waals surface area contributed by atoms with Crippen molar-refractivity contribution in [3.8, 4) is 0 Å². The van der Waals surface area contributed by atoms with Crippen LogP contribution in [0.1, 0.15) is 36.0 Å². The molecule has 0 unspecified atom stereocenters. The van der Waals surface area contributed by atoms with Gasteiger partial charge in [0.1, 0.15) is 0 Å². The largest absolute Gasteiger partial charge is 0.370 e. The molecule has 0 aromatic carbocycles. The highest BCUT2D eigenvalue weighted by Crippen LogP contribution is 2.36. The Morgan fingerprint density at radius 3 is 3.05 bits per heavy atom. The van der Waals surface area contributed by atoms with Crippen LogP contribution in [0.25, 0.3) is 0 Å². The number of rotatable bonds is 3. The van der Waals surface area contributed by atoms with Crippen molar-refractivity contribution in [1.82, 2.24) is 15.6 Å². The van der Waals surface area contributed by atoms with Crippen molar-refractivity contribution in [3.63, 3.8) is 0 Å². The molecule has 2 N–H and O–H groups in total. The van der Waals surface area contributed by atoms with Gasteiger partial charge in [0.25, 0.3) is 5.91 Å². The number of piperidine rings is 1. The number of aromatic nitrogens is 1. The molecule has 2 aliphatic heterocycles. The minimum Gasteiger partial charge on any atom is -0.370 e. The molecule has 0 aliphatic carbocycles. The van der Waals surface area contributed by atoms with Gasteiger partial charge in [0.2, 0.25) is 0 Å². The van der Waals surface area contributed by atoms with Crippen molar-refractivity contribution in [2.24, 2.45) is 0 Å². The van der Waals surface area contributed by atoms with Crippen molar-refractivity contribution in [2.75, 3.05) is 19.6 Å². The van der Waals surface area contributed by atoms with Crippen LogP contribution in [0, 0.1) is 0 Å².